The number of halogens is 1. The fourth-order valence-corrected chi connectivity index (χ4v) is 2.90. The Morgan fingerprint density at radius 2 is 1.66 bits per heavy atom. The Bertz CT molecular complexity index is 1060. The molecule has 0 atom stereocenters. The maximum atomic E-state index is 13.3. The highest BCUT2D eigenvalue weighted by molar-refractivity contribution is 6.08. The molecule has 2 N–H and O–H groups in total. The quantitative estimate of drug-likeness (QED) is 0.656. The molecule has 0 aliphatic rings. The third-order valence-electron chi connectivity index (χ3n) is 4.32. The van der Waals surface area contributed by atoms with Crippen molar-refractivity contribution < 1.29 is 14.0 Å². The highest BCUT2D eigenvalue weighted by Gasteiger charge is 2.19. The Morgan fingerprint density at radius 3 is 2.38 bits per heavy atom. The van der Waals surface area contributed by atoms with Gasteiger partial charge >= 0.3 is 0 Å². The zero-order valence-corrected chi connectivity index (χ0v) is 16.5. The van der Waals surface area contributed by atoms with Crippen molar-refractivity contribution in [3.63, 3.8) is 0 Å². The number of amides is 2. The molecule has 3 rings (SSSR count). The first-order valence-electron chi connectivity index (χ1n) is 9.18. The van der Waals surface area contributed by atoms with Crippen molar-refractivity contribution in [2.24, 2.45) is 0 Å². The van der Waals surface area contributed by atoms with Gasteiger partial charge in [0.05, 0.1) is 0 Å². The fraction of sp³-hybridized carbons (Fsp3) is 0.174. The number of benzene rings is 2. The Hall–Kier alpha value is -3.54. The van der Waals surface area contributed by atoms with Crippen LogP contribution in [-0.4, -0.2) is 16.8 Å². The standard InChI is InChI=1S/C23H22FN3O2/c1-23(2,3)18-9-4-5-10-19(18)27-21(28)15-11-12-25-20(13-15)22(29)26-17-8-6-7-16(24)14-17/h4-14H,1-3H3,(H,26,29)(H,27,28). The molecule has 1 heterocycles. The van der Waals surface area contributed by atoms with Gasteiger partial charge in [-0.15, -0.1) is 0 Å². The number of nitrogens with zero attached hydrogens (tertiary/aromatic N) is 1. The van der Waals surface area contributed by atoms with E-state index in [0.717, 1.165) is 5.56 Å². The van der Waals surface area contributed by atoms with Crippen LogP contribution in [0.5, 0.6) is 0 Å². The highest BCUT2D eigenvalue weighted by Crippen LogP contribution is 2.29. The second kappa shape index (κ2) is 8.22. The van der Waals surface area contributed by atoms with Crippen LogP contribution in [0.15, 0.2) is 66.9 Å². The van der Waals surface area contributed by atoms with E-state index in [-0.39, 0.29) is 17.0 Å². The number of pyridine rings is 1. The molecule has 148 valence electrons. The molecule has 3 aromatic rings. The van der Waals surface area contributed by atoms with Crippen molar-refractivity contribution >= 4 is 23.2 Å². The monoisotopic (exact) mass is 391 g/mol. The van der Waals surface area contributed by atoms with Crippen molar-refractivity contribution in [3.8, 4) is 0 Å². The van der Waals surface area contributed by atoms with Gasteiger partial charge in [-0.05, 0) is 47.4 Å². The number of carbonyl (C=O) groups excluding carboxylic acids is 2. The molecule has 2 aromatic carbocycles. The first kappa shape index (κ1) is 20.2. The maximum Gasteiger partial charge on any atom is 0.274 e. The predicted octanol–water partition coefficient (Wildman–Crippen LogP) is 5.02. The van der Waals surface area contributed by atoms with Gasteiger partial charge in [0.25, 0.3) is 11.8 Å². The summed E-state index contributed by atoms with van der Waals surface area (Å²) in [7, 11) is 0. The van der Waals surface area contributed by atoms with Gasteiger partial charge in [-0.3, -0.25) is 14.6 Å². The molecule has 0 fully saturated rings. The summed E-state index contributed by atoms with van der Waals surface area (Å²) < 4.78 is 13.3. The molecule has 1 aromatic heterocycles. The van der Waals surface area contributed by atoms with Crippen LogP contribution in [0.25, 0.3) is 0 Å². The third-order valence-corrected chi connectivity index (χ3v) is 4.32. The number of anilines is 2. The Morgan fingerprint density at radius 1 is 0.897 bits per heavy atom. The number of nitrogens with one attached hydrogen (secondary N) is 2. The summed E-state index contributed by atoms with van der Waals surface area (Å²) in [6.45, 7) is 6.21. The number of carbonyl (C=O) groups is 2. The van der Waals surface area contributed by atoms with Gasteiger partial charge in [0.1, 0.15) is 11.5 Å². The number of para-hydroxylation sites is 1. The summed E-state index contributed by atoms with van der Waals surface area (Å²) in [6.07, 6.45) is 1.39. The van der Waals surface area contributed by atoms with E-state index in [1.54, 1.807) is 6.07 Å². The zero-order chi connectivity index (χ0) is 21.0. The molecule has 0 saturated heterocycles. The van der Waals surface area contributed by atoms with Crippen molar-refractivity contribution in [2.45, 2.75) is 26.2 Å². The van der Waals surface area contributed by atoms with Crippen molar-refractivity contribution in [1.29, 1.82) is 0 Å². The topological polar surface area (TPSA) is 71.1 Å². The normalized spacial score (nSPS) is 11.0. The van der Waals surface area contributed by atoms with Gasteiger partial charge in [-0.2, -0.15) is 0 Å². The molecule has 0 saturated carbocycles. The number of aromatic nitrogens is 1. The molecule has 5 nitrogen and oxygen atoms in total. The second-order valence-electron chi connectivity index (χ2n) is 7.64. The molecule has 0 aliphatic heterocycles. The maximum absolute atomic E-state index is 13.3. The van der Waals surface area contributed by atoms with Crippen LogP contribution in [0, 0.1) is 5.82 Å². The lowest BCUT2D eigenvalue weighted by Crippen LogP contribution is -2.20. The number of rotatable bonds is 4. The molecular weight excluding hydrogens is 369 g/mol. The van der Waals surface area contributed by atoms with Crippen LogP contribution >= 0.6 is 0 Å². The van der Waals surface area contributed by atoms with Gasteiger partial charge in [0.15, 0.2) is 0 Å². The van der Waals surface area contributed by atoms with Gasteiger partial charge in [0, 0.05) is 23.1 Å². The lowest BCUT2D eigenvalue weighted by molar-refractivity contribution is 0.102. The van der Waals surface area contributed by atoms with Gasteiger partial charge in [0.2, 0.25) is 0 Å². The van der Waals surface area contributed by atoms with Crippen molar-refractivity contribution in [3.05, 3.63) is 89.5 Å². The van der Waals surface area contributed by atoms with E-state index in [9.17, 15) is 14.0 Å². The lowest BCUT2D eigenvalue weighted by Gasteiger charge is -2.23. The molecule has 0 spiro atoms. The molecule has 0 unspecified atom stereocenters. The van der Waals surface area contributed by atoms with E-state index in [2.05, 4.69) is 36.4 Å². The van der Waals surface area contributed by atoms with E-state index in [4.69, 9.17) is 0 Å². The second-order valence-corrected chi connectivity index (χ2v) is 7.64. The van der Waals surface area contributed by atoms with Crippen LogP contribution < -0.4 is 10.6 Å². The molecule has 29 heavy (non-hydrogen) atoms. The summed E-state index contributed by atoms with van der Waals surface area (Å²) >= 11 is 0. The smallest absolute Gasteiger partial charge is 0.274 e. The van der Waals surface area contributed by atoms with E-state index in [1.165, 1.54) is 36.5 Å². The van der Waals surface area contributed by atoms with Crippen LogP contribution in [-0.2, 0) is 5.41 Å². The summed E-state index contributed by atoms with van der Waals surface area (Å²) in [5, 5.41) is 5.48. The number of hydrogen-bond acceptors (Lipinski definition) is 3. The number of hydrogen-bond donors (Lipinski definition) is 2. The van der Waals surface area contributed by atoms with Crippen LogP contribution in [0.3, 0.4) is 0 Å². The fourth-order valence-electron chi connectivity index (χ4n) is 2.90. The van der Waals surface area contributed by atoms with Gasteiger partial charge < -0.3 is 10.6 Å². The minimum absolute atomic E-state index is 0.0611. The molecule has 0 radical (unpaired) electrons. The molecule has 0 aliphatic carbocycles. The van der Waals surface area contributed by atoms with Gasteiger partial charge in [-0.1, -0.05) is 45.0 Å². The minimum Gasteiger partial charge on any atom is -0.322 e. The average molecular weight is 391 g/mol. The molecule has 0 bridgehead atoms. The average Bonchev–Trinajstić information content (AvgIpc) is 2.67. The molecule has 6 heteroatoms. The SMILES string of the molecule is CC(C)(C)c1ccccc1NC(=O)c1ccnc(C(=O)Nc2cccc(F)c2)c1. The summed E-state index contributed by atoms with van der Waals surface area (Å²) in [4.78, 5) is 29.2. The van der Waals surface area contributed by atoms with E-state index in [0.29, 0.717) is 16.9 Å². The first-order chi connectivity index (χ1) is 13.7. The Kier molecular flexibility index (Phi) is 5.73. The lowest BCUT2D eigenvalue weighted by atomic mass is 9.86. The van der Waals surface area contributed by atoms with E-state index >= 15 is 0 Å². The van der Waals surface area contributed by atoms with E-state index in [1.807, 2.05) is 24.3 Å². The predicted molar refractivity (Wildman–Crippen MR) is 112 cm³/mol. The summed E-state index contributed by atoms with van der Waals surface area (Å²) in [5.41, 5.74) is 2.25. The van der Waals surface area contributed by atoms with Crippen LogP contribution in [0.2, 0.25) is 0 Å². The highest BCUT2D eigenvalue weighted by atomic mass is 19.1. The first-order valence-corrected chi connectivity index (χ1v) is 9.18. The molecular formula is C23H22FN3O2. The van der Waals surface area contributed by atoms with Crippen LogP contribution in [0.4, 0.5) is 15.8 Å². The Labute approximate surface area is 169 Å². The Balaban J connectivity index is 1.79. The zero-order valence-electron chi connectivity index (χ0n) is 16.5. The molecule has 2 amide bonds. The third kappa shape index (κ3) is 5.04. The van der Waals surface area contributed by atoms with Crippen molar-refractivity contribution in [2.75, 3.05) is 10.6 Å². The van der Waals surface area contributed by atoms with E-state index < -0.39 is 11.7 Å². The van der Waals surface area contributed by atoms with Crippen LogP contribution in [0.1, 0.15) is 47.2 Å². The minimum atomic E-state index is -0.527. The summed E-state index contributed by atoms with van der Waals surface area (Å²) in [6, 6.07) is 16.1. The van der Waals surface area contributed by atoms with Crippen molar-refractivity contribution in [1.82, 2.24) is 4.98 Å². The summed E-state index contributed by atoms with van der Waals surface area (Å²) in [5.74, 6) is -1.33. The largest absolute Gasteiger partial charge is 0.322 e. The van der Waals surface area contributed by atoms with Gasteiger partial charge in [-0.25, -0.2) is 4.39 Å².